The molecule has 0 saturated carbocycles. The van der Waals surface area contributed by atoms with Crippen molar-refractivity contribution in [2.75, 3.05) is 5.73 Å². The zero-order valence-electron chi connectivity index (χ0n) is 8.90. The van der Waals surface area contributed by atoms with Crippen LogP contribution >= 0.6 is 0 Å². The van der Waals surface area contributed by atoms with Crippen molar-refractivity contribution < 1.29 is 8.81 Å². The fourth-order valence-electron chi connectivity index (χ4n) is 1.38. The minimum absolute atomic E-state index is 0.195. The number of hydrogen-bond acceptors (Lipinski definition) is 4. The lowest BCUT2D eigenvalue weighted by Crippen LogP contribution is -1.89. The minimum Gasteiger partial charge on any atom is -0.421 e. The number of benzene rings is 1. The van der Waals surface area contributed by atoms with E-state index in [1.807, 2.05) is 6.92 Å². The van der Waals surface area contributed by atoms with Crippen LogP contribution in [0.3, 0.4) is 0 Å². The van der Waals surface area contributed by atoms with Gasteiger partial charge in [-0.2, -0.15) is 0 Å². The van der Waals surface area contributed by atoms with Crippen LogP contribution in [0.25, 0.3) is 11.5 Å². The van der Waals surface area contributed by atoms with Gasteiger partial charge >= 0.3 is 0 Å². The molecule has 5 heteroatoms. The maximum atomic E-state index is 13.5. The predicted octanol–water partition coefficient (Wildman–Crippen LogP) is 2.41. The molecule has 0 bridgehead atoms. The minimum atomic E-state index is -0.452. The average molecular weight is 221 g/mol. The van der Waals surface area contributed by atoms with Gasteiger partial charge in [0.15, 0.2) is 0 Å². The van der Waals surface area contributed by atoms with Crippen LogP contribution in [0, 0.1) is 5.82 Å². The molecule has 0 fully saturated rings. The van der Waals surface area contributed by atoms with Gasteiger partial charge in [-0.1, -0.05) is 6.92 Å². The number of nitrogen functional groups attached to an aromatic ring is 1. The summed E-state index contributed by atoms with van der Waals surface area (Å²) >= 11 is 0. The predicted molar refractivity (Wildman–Crippen MR) is 58.1 cm³/mol. The number of aryl methyl sites for hydroxylation is 1. The molecule has 16 heavy (non-hydrogen) atoms. The molecule has 0 atom stereocenters. The van der Waals surface area contributed by atoms with E-state index in [-0.39, 0.29) is 11.5 Å². The third kappa shape index (κ3) is 2.03. The number of halogens is 1. The van der Waals surface area contributed by atoms with Gasteiger partial charge in [0.1, 0.15) is 5.82 Å². The van der Waals surface area contributed by atoms with E-state index in [0.717, 1.165) is 6.42 Å². The first-order chi connectivity index (χ1) is 7.70. The van der Waals surface area contributed by atoms with Gasteiger partial charge in [-0.3, -0.25) is 0 Å². The number of aromatic nitrogens is 2. The van der Waals surface area contributed by atoms with E-state index in [0.29, 0.717) is 18.0 Å². The second-order valence-corrected chi connectivity index (χ2v) is 3.49. The highest BCUT2D eigenvalue weighted by Gasteiger charge is 2.12. The molecule has 0 radical (unpaired) electrons. The zero-order valence-corrected chi connectivity index (χ0v) is 8.90. The summed E-state index contributed by atoms with van der Waals surface area (Å²) in [5.41, 5.74) is 6.10. The third-order valence-corrected chi connectivity index (χ3v) is 2.15. The zero-order chi connectivity index (χ0) is 11.5. The second-order valence-electron chi connectivity index (χ2n) is 3.49. The summed E-state index contributed by atoms with van der Waals surface area (Å²) in [4.78, 5) is 0. The van der Waals surface area contributed by atoms with E-state index in [2.05, 4.69) is 10.2 Å². The number of nitrogens with zero attached hydrogens (tertiary/aromatic N) is 2. The number of nitrogens with two attached hydrogens (primary N) is 1. The highest BCUT2D eigenvalue weighted by molar-refractivity contribution is 5.57. The molecule has 1 aromatic carbocycles. The Balaban J connectivity index is 2.35. The molecule has 2 rings (SSSR count). The monoisotopic (exact) mass is 221 g/mol. The number of hydrogen-bond donors (Lipinski definition) is 1. The van der Waals surface area contributed by atoms with Gasteiger partial charge in [0.25, 0.3) is 5.89 Å². The summed E-state index contributed by atoms with van der Waals surface area (Å²) in [5.74, 6) is 0.265. The topological polar surface area (TPSA) is 64.9 Å². The Kier molecular flexibility index (Phi) is 2.85. The van der Waals surface area contributed by atoms with E-state index < -0.39 is 5.82 Å². The smallest absolute Gasteiger partial charge is 0.250 e. The van der Waals surface area contributed by atoms with Crippen molar-refractivity contribution in [3.8, 4) is 11.5 Å². The lowest BCUT2D eigenvalue weighted by Gasteiger charge is -1.98. The summed E-state index contributed by atoms with van der Waals surface area (Å²) in [6.45, 7) is 2.01. The molecular weight excluding hydrogens is 209 g/mol. The third-order valence-electron chi connectivity index (χ3n) is 2.15. The standard InChI is InChI=1S/C11H12FN3O/c1-2-3-10-14-15-11(16-10)8-5-4-7(13)6-9(8)12/h4-6H,2-3,13H2,1H3. The molecule has 2 aromatic rings. The van der Waals surface area contributed by atoms with Crippen molar-refractivity contribution in [1.29, 1.82) is 0 Å². The molecule has 0 saturated heterocycles. The molecular formula is C11H12FN3O. The molecule has 0 aliphatic rings. The van der Waals surface area contributed by atoms with Crippen molar-refractivity contribution >= 4 is 5.69 Å². The molecule has 84 valence electrons. The highest BCUT2D eigenvalue weighted by atomic mass is 19.1. The molecule has 0 unspecified atom stereocenters. The number of rotatable bonds is 3. The van der Waals surface area contributed by atoms with Crippen LogP contribution in [-0.4, -0.2) is 10.2 Å². The fraction of sp³-hybridized carbons (Fsp3) is 0.273. The summed E-state index contributed by atoms with van der Waals surface area (Å²) in [6, 6.07) is 4.37. The van der Waals surface area contributed by atoms with Gasteiger partial charge < -0.3 is 10.2 Å². The van der Waals surface area contributed by atoms with Crippen molar-refractivity contribution in [3.63, 3.8) is 0 Å². The van der Waals surface area contributed by atoms with E-state index in [1.54, 1.807) is 6.07 Å². The summed E-state index contributed by atoms with van der Waals surface area (Å²) in [6.07, 6.45) is 1.61. The van der Waals surface area contributed by atoms with Crippen molar-refractivity contribution in [1.82, 2.24) is 10.2 Å². The van der Waals surface area contributed by atoms with E-state index >= 15 is 0 Å². The Labute approximate surface area is 92.3 Å². The van der Waals surface area contributed by atoms with Gasteiger partial charge in [0.05, 0.1) is 5.56 Å². The second kappa shape index (κ2) is 4.30. The molecule has 0 aliphatic carbocycles. The first-order valence-corrected chi connectivity index (χ1v) is 5.08. The highest BCUT2D eigenvalue weighted by Crippen LogP contribution is 2.23. The molecule has 2 N–H and O–H groups in total. The molecule has 4 nitrogen and oxygen atoms in total. The van der Waals surface area contributed by atoms with E-state index in [9.17, 15) is 4.39 Å². The Bertz CT molecular complexity index is 496. The Morgan fingerprint density at radius 2 is 2.19 bits per heavy atom. The van der Waals surface area contributed by atoms with Crippen molar-refractivity contribution in [3.05, 3.63) is 29.9 Å². The van der Waals surface area contributed by atoms with Crippen LogP contribution in [0.4, 0.5) is 10.1 Å². The largest absolute Gasteiger partial charge is 0.421 e. The normalized spacial score (nSPS) is 10.6. The fourth-order valence-corrected chi connectivity index (χ4v) is 1.38. The molecule has 0 aliphatic heterocycles. The lowest BCUT2D eigenvalue weighted by atomic mass is 10.2. The van der Waals surface area contributed by atoms with Crippen LogP contribution in [0.2, 0.25) is 0 Å². The Hall–Kier alpha value is -1.91. The van der Waals surface area contributed by atoms with Gasteiger partial charge in [0.2, 0.25) is 5.89 Å². The van der Waals surface area contributed by atoms with Gasteiger partial charge in [-0.15, -0.1) is 10.2 Å². The van der Waals surface area contributed by atoms with Crippen LogP contribution in [0.1, 0.15) is 19.2 Å². The first-order valence-electron chi connectivity index (χ1n) is 5.08. The maximum Gasteiger partial charge on any atom is 0.250 e. The molecule has 1 heterocycles. The van der Waals surface area contributed by atoms with Gasteiger partial charge in [-0.05, 0) is 24.6 Å². The van der Waals surface area contributed by atoms with Gasteiger partial charge in [-0.25, -0.2) is 4.39 Å². The van der Waals surface area contributed by atoms with Crippen LogP contribution < -0.4 is 5.73 Å². The van der Waals surface area contributed by atoms with E-state index in [4.69, 9.17) is 10.2 Å². The maximum absolute atomic E-state index is 13.5. The SMILES string of the molecule is CCCc1nnc(-c2ccc(N)cc2F)o1. The Morgan fingerprint density at radius 1 is 1.38 bits per heavy atom. The van der Waals surface area contributed by atoms with Crippen LogP contribution in [0.15, 0.2) is 22.6 Å². The molecule has 0 amide bonds. The summed E-state index contributed by atoms with van der Waals surface area (Å²) in [5, 5.41) is 7.63. The first kappa shape index (κ1) is 10.6. The van der Waals surface area contributed by atoms with Gasteiger partial charge in [0, 0.05) is 12.1 Å². The van der Waals surface area contributed by atoms with Crippen LogP contribution in [-0.2, 0) is 6.42 Å². The molecule has 1 aromatic heterocycles. The lowest BCUT2D eigenvalue weighted by molar-refractivity contribution is 0.498. The van der Waals surface area contributed by atoms with E-state index in [1.165, 1.54) is 12.1 Å². The number of anilines is 1. The summed E-state index contributed by atoms with van der Waals surface area (Å²) in [7, 11) is 0. The quantitative estimate of drug-likeness (QED) is 0.808. The summed E-state index contributed by atoms with van der Waals surface area (Å²) < 4.78 is 18.9. The van der Waals surface area contributed by atoms with Crippen molar-refractivity contribution in [2.45, 2.75) is 19.8 Å². The Morgan fingerprint density at radius 3 is 2.88 bits per heavy atom. The molecule has 0 spiro atoms. The average Bonchev–Trinajstić information content (AvgIpc) is 2.67. The van der Waals surface area contributed by atoms with Crippen molar-refractivity contribution in [2.24, 2.45) is 0 Å². The van der Waals surface area contributed by atoms with Crippen LogP contribution in [0.5, 0.6) is 0 Å².